The second kappa shape index (κ2) is 7.24. The summed E-state index contributed by atoms with van der Waals surface area (Å²) in [5.74, 6) is 2.01. The van der Waals surface area contributed by atoms with Crippen LogP contribution in [0, 0.1) is 5.92 Å². The van der Waals surface area contributed by atoms with Gasteiger partial charge < -0.3 is 14.2 Å². The smallest absolute Gasteiger partial charge is 0.173 e. The molecule has 0 N–H and O–H groups in total. The van der Waals surface area contributed by atoms with Gasteiger partial charge in [-0.2, -0.15) is 0 Å². The fourth-order valence-corrected chi connectivity index (χ4v) is 2.39. The van der Waals surface area contributed by atoms with Gasteiger partial charge >= 0.3 is 0 Å². The van der Waals surface area contributed by atoms with E-state index in [4.69, 9.17) is 14.2 Å². The van der Waals surface area contributed by atoms with Crippen molar-refractivity contribution in [3.63, 3.8) is 0 Å². The molecular weight excluding hydrogens is 292 g/mol. The van der Waals surface area contributed by atoms with Gasteiger partial charge in [-0.15, -0.1) is 0 Å². The number of ketones is 1. The van der Waals surface area contributed by atoms with E-state index >= 15 is 0 Å². The molecule has 1 fully saturated rings. The third-order valence-corrected chi connectivity index (χ3v) is 3.33. The summed E-state index contributed by atoms with van der Waals surface area (Å²) >= 11 is 0. The minimum Gasteiger partial charge on any atom is -0.491 e. The number of hydrogen-bond donors (Lipinski definition) is 0. The highest BCUT2D eigenvalue weighted by Crippen LogP contribution is 2.42. The van der Waals surface area contributed by atoms with Crippen LogP contribution in [0.15, 0.2) is 12.1 Å². The second-order valence-corrected chi connectivity index (χ2v) is 6.93. The summed E-state index contributed by atoms with van der Waals surface area (Å²) in [5.41, 5.74) is 0.561. The van der Waals surface area contributed by atoms with Crippen molar-refractivity contribution in [2.75, 3.05) is 0 Å². The minimum atomic E-state index is -0.0260. The Morgan fingerprint density at radius 2 is 1.30 bits per heavy atom. The lowest BCUT2D eigenvalue weighted by Crippen LogP contribution is -2.16. The highest BCUT2D eigenvalue weighted by atomic mass is 16.5. The van der Waals surface area contributed by atoms with Gasteiger partial charge in [0.15, 0.2) is 5.78 Å². The fraction of sp³-hybridized carbons (Fsp3) is 0.632. The zero-order valence-electron chi connectivity index (χ0n) is 15.0. The SMILES string of the molecule is CC(C)Oc1cc(OC(C)C)c(C(=O)C2CC2)c(OC(C)C)c1. The minimum absolute atomic E-state index is 0.0260. The third kappa shape index (κ3) is 4.88. The molecule has 1 aliphatic rings. The number of carbonyl (C=O) groups excluding carboxylic acids is 1. The van der Waals surface area contributed by atoms with Crippen LogP contribution in [-0.4, -0.2) is 24.1 Å². The van der Waals surface area contributed by atoms with Crippen LogP contribution in [0.25, 0.3) is 0 Å². The molecule has 0 amide bonds. The highest BCUT2D eigenvalue weighted by Gasteiger charge is 2.35. The summed E-state index contributed by atoms with van der Waals surface area (Å²) in [7, 11) is 0. The lowest BCUT2D eigenvalue weighted by atomic mass is 10.0. The molecule has 0 radical (unpaired) electrons. The topological polar surface area (TPSA) is 44.8 Å². The number of Topliss-reactive ketones (excluding diaryl/α,β-unsaturated/α-hetero) is 1. The van der Waals surface area contributed by atoms with Gasteiger partial charge in [-0.05, 0) is 54.4 Å². The van der Waals surface area contributed by atoms with Crippen LogP contribution in [0.5, 0.6) is 17.2 Å². The normalized spacial score (nSPS) is 14.5. The number of benzene rings is 1. The average Bonchev–Trinajstić information content (AvgIpc) is 3.19. The van der Waals surface area contributed by atoms with E-state index in [1.54, 1.807) is 0 Å². The summed E-state index contributed by atoms with van der Waals surface area (Å²) in [5, 5.41) is 0. The molecule has 0 spiro atoms. The molecule has 0 aromatic heterocycles. The highest BCUT2D eigenvalue weighted by molar-refractivity contribution is 6.04. The first-order valence-electron chi connectivity index (χ1n) is 8.50. The lowest BCUT2D eigenvalue weighted by molar-refractivity contribution is 0.0955. The molecule has 1 saturated carbocycles. The Morgan fingerprint density at radius 3 is 1.65 bits per heavy atom. The maximum atomic E-state index is 12.7. The molecule has 0 aliphatic heterocycles. The van der Waals surface area contributed by atoms with Gasteiger partial charge in [0, 0.05) is 18.1 Å². The summed E-state index contributed by atoms with van der Waals surface area (Å²) in [6.07, 6.45) is 1.89. The number of rotatable bonds is 8. The van der Waals surface area contributed by atoms with Gasteiger partial charge in [0.25, 0.3) is 0 Å². The first-order chi connectivity index (χ1) is 10.8. The number of hydrogen-bond acceptors (Lipinski definition) is 4. The molecule has 128 valence electrons. The molecule has 4 heteroatoms. The molecule has 4 nitrogen and oxygen atoms in total. The molecular formula is C19H28O4. The zero-order chi connectivity index (χ0) is 17.1. The summed E-state index contributed by atoms with van der Waals surface area (Å²) < 4.78 is 17.6. The summed E-state index contributed by atoms with van der Waals surface area (Å²) in [6.45, 7) is 11.7. The van der Waals surface area contributed by atoms with Gasteiger partial charge in [0.2, 0.25) is 0 Å². The standard InChI is InChI=1S/C19H28O4/c1-11(2)21-15-9-16(22-12(3)4)18(19(20)14-7-8-14)17(10-15)23-13(5)6/h9-14H,7-8H2,1-6H3. The van der Waals surface area contributed by atoms with Crippen molar-refractivity contribution >= 4 is 5.78 Å². The first-order valence-corrected chi connectivity index (χ1v) is 8.50. The van der Waals surface area contributed by atoms with E-state index in [-0.39, 0.29) is 30.0 Å². The van der Waals surface area contributed by atoms with Gasteiger partial charge in [-0.1, -0.05) is 0 Å². The Balaban J connectivity index is 2.50. The second-order valence-electron chi connectivity index (χ2n) is 6.93. The van der Waals surface area contributed by atoms with Gasteiger partial charge in [-0.25, -0.2) is 0 Å². The van der Waals surface area contributed by atoms with E-state index < -0.39 is 0 Å². The molecule has 0 bridgehead atoms. The van der Waals surface area contributed by atoms with Crippen molar-refractivity contribution in [2.45, 2.75) is 72.7 Å². The molecule has 0 unspecified atom stereocenters. The van der Waals surface area contributed by atoms with Crippen LogP contribution >= 0.6 is 0 Å². The Kier molecular flexibility index (Phi) is 5.55. The van der Waals surface area contributed by atoms with Crippen LogP contribution in [0.1, 0.15) is 64.7 Å². The van der Waals surface area contributed by atoms with Gasteiger partial charge in [0.05, 0.1) is 18.3 Å². The van der Waals surface area contributed by atoms with Crippen LogP contribution < -0.4 is 14.2 Å². The maximum absolute atomic E-state index is 12.7. The van der Waals surface area contributed by atoms with Crippen molar-refractivity contribution in [1.29, 1.82) is 0 Å². The molecule has 1 aliphatic carbocycles. The third-order valence-electron chi connectivity index (χ3n) is 3.33. The Bertz CT molecular complexity index is 525. The van der Waals surface area contributed by atoms with Crippen LogP contribution in [0.2, 0.25) is 0 Å². The van der Waals surface area contributed by atoms with Crippen molar-refractivity contribution in [2.24, 2.45) is 5.92 Å². The summed E-state index contributed by atoms with van der Waals surface area (Å²) in [6, 6.07) is 3.62. The molecule has 23 heavy (non-hydrogen) atoms. The van der Waals surface area contributed by atoms with Crippen molar-refractivity contribution in [1.82, 2.24) is 0 Å². The van der Waals surface area contributed by atoms with Crippen LogP contribution in [0.3, 0.4) is 0 Å². The summed E-state index contributed by atoms with van der Waals surface area (Å²) in [4.78, 5) is 12.7. The molecule has 1 aromatic rings. The van der Waals surface area contributed by atoms with E-state index in [9.17, 15) is 4.79 Å². The number of carbonyl (C=O) groups is 1. The van der Waals surface area contributed by atoms with Crippen LogP contribution in [0.4, 0.5) is 0 Å². The van der Waals surface area contributed by atoms with Crippen molar-refractivity contribution < 1.29 is 19.0 Å². The molecule has 0 atom stereocenters. The predicted octanol–water partition coefficient (Wildman–Crippen LogP) is 4.64. The number of ether oxygens (including phenoxy) is 3. The van der Waals surface area contributed by atoms with E-state index in [0.717, 1.165) is 12.8 Å². The Morgan fingerprint density at radius 1 is 0.870 bits per heavy atom. The largest absolute Gasteiger partial charge is 0.491 e. The quantitative estimate of drug-likeness (QED) is 0.655. The Hall–Kier alpha value is -1.71. The van der Waals surface area contributed by atoms with Crippen LogP contribution in [-0.2, 0) is 0 Å². The van der Waals surface area contributed by atoms with Gasteiger partial charge in [0.1, 0.15) is 22.8 Å². The lowest BCUT2D eigenvalue weighted by Gasteiger charge is -2.21. The molecule has 2 rings (SSSR count). The first kappa shape index (κ1) is 17.6. The van der Waals surface area contributed by atoms with Crippen molar-refractivity contribution in [3.05, 3.63) is 17.7 Å². The van der Waals surface area contributed by atoms with E-state index in [2.05, 4.69) is 0 Å². The molecule has 1 aromatic carbocycles. The van der Waals surface area contributed by atoms with Crippen molar-refractivity contribution in [3.8, 4) is 17.2 Å². The molecule has 0 saturated heterocycles. The zero-order valence-corrected chi connectivity index (χ0v) is 15.0. The predicted molar refractivity (Wildman–Crippen MR) is 90.8 cm³/mol. The average molecular weight is 320 g/mol. The Labute approximate surface area is 139 Å². The van der Waals surface area contributed by atoms with E-state index in [1.165, 1.54) is 0 Å². The molecule has 0 heterocycles. The van der Waals surface area contributed by atoms with Gasteiger partial charge in [-0.3, -0.25) is 4.79 Å². The monoisotopic (exact) mass is 320 g/mol. The van der Waals surface area contributed by atoms with E-state index in [0.29, 0.717) is 22.8 Å². The van der Waals surface area contributed by atoms with E-state index in [1.807, 2.05) is 53.7 Å². The fourth-order valence-electron chi connectivity index (χ4n) is 2.39. The maximum Gasteiger partial charge on any atom is 0.173 e.